The second-order valence-corrected chi connectivity index (χ2v) is 7.03. The van der Waals surface area contributed by atoms with Crippen molar-refractivity contribution in [2.24, 2.45) is 0 Å². The van der Waals surface area contributed by atoms with Crippen molar-refractivity contribution in [3.8, 4) is 5.82 Å². The predicted octanol–water partition coefficient (Wildman–Crippen LogP) is 3.76. The number of hydrogen-bond donors (Lipinski definition) is 1. The minimum atomic E-state index is -0.222. The molecule has 3 aromatic rings. The first kappa shape index (κ1) is 20.3. The van der Waals surface area contributed by atoms with Gasteiger partial charge in [0, 0.05) is 30.3 Å². The Morgan fingerprint density at radius 2 is 1.83 bits per heavy atom. The quantitative estimate of drug-likeness (QED) is 0.697. The summed E-state index contributed by atoms with van der Waals surface area (Å²) in [6.07, 6.45) is 2.55. The average molecular weight is 390 g/mol. The Morgan fingerprint density at radius 3 is 2.52 bits per heavy atom. The molecule has 0 unspecified atom stereocenters. The van der Waals surface area contributed by atoms with Crippen LogP contribution in [0.25, 0.3) is 5.82 Å². The number of nitrogens with one attached hydrogen (secondary N) is 1. The number of aromatic nitrogens is 2. The molecule has 2 heterocycles. The highest BCUT2D eigenvalue weighted by atomic mass is 16.2. The van der Waals surface area contributed by atoms with E-state index in [0.717, 1.165) is 34.9 Å². The topological polar surface area (TPSA) is 67.2 Å². The van der Waals surface area contributed by atoms with Gasteiger partial charge in [0.1, 0.15) is 5.82 Å². The summed E-state index contributed by atoms with van der Waals surface area (Å²) in [7, 11) is 1.64. The van der Waals surface area contributed by atoms with E-state index in [1.807, 2.05) is 73.9 Å². The highest BCUT2D eigenvalue weighted by molar-refractivity contribution is 6.00. The summed E-state index contributed by atoms with van der Waals surface area (Å²) in [6.45, 7) is 5.84. The maximum absolute atomic E-state index is 13.0. The van der Waals surface area contributed by atoms with Gasteiger partial charge < -0.3 is 14.8 Å². The van der Waals surface area contributed by atoms with Gasteiger partial charge in [-0.15, -0.1) is 0 Å². The van der Waals surface area contributed by atoms with Crippen molar-refractivity contribution < 1.29 is 9.59 Å². The van der Waals surface area contributed by atoms with Crippen molar-refractivity contribution in [2.45, 2.75) is 27.2 Å². The Hall–Kier alpha value is -3.41. The van der Waals surface area contributed by atoms with Crippen LogP contribution < -0.4 is 5.32 Å². The van der Waals surface area contributed by atoms with Crippen molar-refractivity contribution in [2.75, 3.05) is 18.9 Å². The molecular weight excluding hydrogens is 364 g/mol. The number of aryl methyl sites for hydroxylation is 2. The maximum atomic E-state index is 13.0. The molecule has 29 heavy (non-hydrogen) atoms. The average Bonchev–Trinajstić information content (AvgIpc) is 3.02. The van der Waals surface area contributed by atoms with Crippen LogP contribution in [0.3, 0.4) is 0 Å². The molecule has 0 fully saturated rings. The summed E-state index contributed by atoms with van der Waals surface area (Å²) < 4.78 is 1.94. The maximum Gasteiger partial charge on any atom is 0.255 e. The Bertz CT molecular complexity index is 1020. The number of anilines is 1. The van der Waals surface area contributed by atoms with Crippen LogP contribution in [-0.2, 0) is 11.2 Å². The van der Waals surface area contributed by atoms with Crippen LogP contribution >= 0.6 is 0 Å². The van der Waals surface area contributed by atoms with Crippen molar-refractivity contribution in [1.82, 2.24) is 14.5 Å². The van der Waals surface area contributed by atoms with Crippen LogP contribution in [-0.4, -0.2) is 39.9 Å². The highest BCUT2D eigenvalue weighted by Crippen LogP contribution is 2.21. The second kappa shape index (κ2) is 8.73. The molecule has 0 atom stereocenters. The van der Waals surface area contributed by atoms with Crippen LogP contribution in [0.4, 0.5) is 5.69 Å². The molecule has 2 amide bonds. The SMILES string of the molecule is CCc1ccccc1NC(=O)CN(C)C(=O)c1cc(C)n(-c2ccccn2)c1C. The number of carbonyl (C=O) groups is 2. The molecule has 0 bridgehead atoms. The molecule has 1 aromatic carbocycles. The van der Waals surface area contributed by atoms with Crippen molar-refractivity contribution in [1.29, 1.82) is 0 Å². The van der Waals surface area contributed by atoms with Crippen molar-refractivity contribution >= 4 is 17.5 Å². The molecule has 0 saturated carbocycles. The van der Waals surface area contributed by atoms with Gasteiger partial charge in [-0.25, -0.2) is 4.98 Å². The molecular formula is C23H26N4O2. The predicted molar refractivity (Wildman–Crippen MR) is 114 cm³/mol. The Morgan fingerprint density at radius 1 is 1.10 bits per heavy atom. The number of hydrogen-bond acceptors (Lipinski definition) is 3. The zero-order valence-electron chi connectivity index (χ0n) is 17.3. The number of likely N-dealkylation sites (N-methyl/N-ethyl adjacent to an activating group) is 1. The first-order valence-electron chi connectivity index (χ1n) is 9.66. The van der Waals surface area contributed by atoms with Crippen LogP contribution in [0.5, 0.6) is 0 Å². The number of carbonyl (C=O) groups excluding carboxylic acids is 2. The van der Waals surface area contributed by atoms with E-state index < -0.39 is 0 Å². The lowest BCUT2D eigenvalue weighted by molar-refractivity contribution is -0.116. The molecule has 0 saturated heterocycles. The van der Waals surface area contributed by atoms with Gasteiger partial charge in [0.25, 0.3) is 5.91 Å². The third-order valence-electron chi connectivity index (χ3n) is 4.94. The lowest BCUT2D eigenvalue weighted by atomic mass is 10.1. The molecule has 0 spiro atoms. The second-order valence-electron chi connectivity index (χ2n) is 7.03. The number of amides is 2. The summed E-state index contributed by atoms with van der Waals surface area (Å²) in [5.74, 6) is 0.345. The van der Waals surface area contributed by atoms with Gasteiger partial charge in [-0.05, 0) is 50.1 Å². The molecule has 2 aromatic heterocycles. The smallest absolute Gasteiger partial charge is 0.255 e. The van der Waals surface area contributed by atoms with Gasteiger partial charge in [-0.1, -0.05) is 31.2 Å². The number of rotatable bonds is 6. The number of para-hydroxylation sites is 1. The summed E-state index contributed by atoms with van der Waals surface area (Å²) in [5.41, 5.74) is 4.13. The zero-order chi connectivity index (χ0) is 21.0. The molecule has 0 aliphatic rings. The molecule has 0 aliphatic carbocycles. The van der Waals surface area contributed by atoms with Crippen molar-refractivity contribution in [3.05, 3.63) is 77.2 Å². The van der Waals surface area contributed by atoms with Gasteiger partial charge >= 0.3 is 0 Å². The minimum Gasteiger partial charge on any atom is -0.332 e. The van der Waals surface area contributed by atoms with Crippen LogP contribution in [0, 0.1) is 13.8 Å². The summed E-state index contributed by atoms with van der Waals surface area (Å²) in [5, 5.41) is 2.91. The van der Waals surface area contributed by atoms with Gasteiger partial charge in [0.05, 0.1) is 12.1 Å². The van der Waals surface area contributed by atoms with Gasteiger partial charge in [0.2, 0.25) is 5.91 Å². The Kier molecular flexibility index (Phi) is 6.12. The Labute approximate surface area is 171 Å². The highest BCUT2D eigenvalue weighted by Gasteiger charge is 2.21. The van der Waals surface area contributed by atoms with Crippen LogP contribution in [0.1, 0.15) is 34.2 Å². The monoisotopic (exact) mass is 390 g/mol. The van der Waals surface area contributed by atoms with Gasteiger partial charge in [0.15, 0.2) is 0 Å². The number of pyridine rings is 1. The first-order chi connectivity index (χ1) is 13.9. The molecule has 6 heteroatoms. The summed E-state index contributed by atoms with van der Waals surface area (Å²) in [4.78, 5) is 31.3. The van der Waals surface area contributed by atoms with E-state index in [2.05, 4.69) is 10.3 Å². The largest absolute Gasteiger partial charge is 0.332 e. The molecule has 6 nitrogen and oxygen atoms in total. The molecule has 0 aliphatic heterocycles. The number of benzene rings is 1. The fourth-order valence-corrected chi connectivity index (χ4v) is 3.45. The Balaban J connectivity index is 1.74. The van der Waals surface area contributed by atoms with E-state index in [1.54, 1.807) is 13.2 Å². The van der Waals surface area contributed by atoms with E-state index in [-0.39, 0.29) is 18.4 Å². The standard InChI is InChI=1S/C23H26N4O2/c1-5-18-10-6-7-11-20(18)25-22(28)15-26(4)23(29)19-14-16(2)27(17(19)3)21-12-8-9-13-24-21/h6-14H,5,15H2,1-4H3,(H,25,28). The van der Waals surface area contributed by atoms with Crippen molar-refractivity contribution in [3.63, 3.8) is 0 Å². The minimum absolute atomic E-state index is 0.0237. The number of nitrogens with zero attached hydrogens (tertiary/aromatic N) is 3. The molecule has 150 valence electrons. The van der Waals surface area contributed by atoms with E-state index >= 15 is 0 Å². The lowest BCUT2D eigenvalue weighted by Crippen LogP contribution is -2.35. The fourth-order valence-electron chi connectivity index (χ4n) is 3.45. The zero-order valence-corrected chi connectivity index (χ0v) is 17.3. The van der Waals surface area contributed by atoms with E-state index in [4.69, 9.17) is 0 Å². The molecule has 0 radical (unpaired) electrons. The fraction of sp³-hybridized carbons (Fsp3) is 0.261. The van der Waals surface area contributed by atoms with Gasteiger partial charge in [-0.3, -0.25) is 9.59 Å². The van der Waals surface area contributed by atoms with Gasteiger partial charge in [-0.2, -0.15) is 0 Å². The lowest BCUT2D eigenvalue weighted by Gasteiger charge is -2.18. The first-order valence-corrected chi connectivity index (χ1v) is 9.66. The third-order valence-corrected chi connectivity index (χ3v) is 4.94. The summed E-state index contributed by atoms with van der Waals surface area (Å²) >= 11 is 0. The summed E-state index contributed by atoms with van der Waals surface area (Å²) in [6, 6.07) is 15.2. The third kappa shape index (κ3) is 4.37. The van der Waals surface area contributed by atoms with Crippen LogP contribution in [0.2, 0.25) is 0 Å². The van der Waals surface area contributed by atoms with Crippen LogP contribution in [0.15, 0.2) is 54.7 Å². The normalized spacial score (nSPS) is 10.6. The van der Waals surface area contributed by atoms with E-state index in [1.165, 1.54) is 4.90 Å². The van der Waals surface area contributed by atoms with E-state index in [9.17, 15) is 9.59 Å². The molecule has 3 rings (SSSR count). The molecule has 1 N–H and O–H groups in total. The van der Waals surface area contributed by atoms with E-state index in [0.29, 0.717) is 5.56 Å².